The minimum Gasteiger partial charge on any atom is -0.397 e. The van der Waals surface area contributed by atoms with Crippen LogP contribution in [0.4, 0.5) is 11.4 Å². The smallest absolute Gasteiger partial charge is 0.250 e. The molecule has 1 aromatic heterocycles. The fourth-order valence-electron chi connectivity index (χ4n) is 1.68. The van der Waals surface area contributed by atoms with E-state index in [-0.39, 0.29) is 12.5 Å². The maximum absolute atomic E-state index is 11.8. The number of aryl methyl sites for hydroxylation is 1. The number of nitrogens with two attached hydrogens (primary N) is 1. The van der Waals surface area contributed by atoms with Crippen molar-refractivity contribution in [2.24, 2.45) is 0 Å². The van der Waals surface area contributed by atoms with E-state index in [1.54, 1.807) is 17.4 Å². The van der Waals surface area contributed by atoms with E-state index < -0.39 is 0 Å². The molecule has 0 saturated heterocycles. The lowest BCUT2D eigenvalue weighted by Crippen LogP contribution is -2.19. The van der Waals surface area contributed by atoms with E-state index in [9.17, 15) is 4.79 Å². The highest BCUT2D eigenvalue weighted by molar-refractivity contribution is 7.09. The molecular weight excluding hydrogens is 260 g/mol. The molecule has 0 saturated carbocycles. The highest BCUT2D eigenvalue weighted by Crippen LogP contribution is 2.22. The largest absolute Gasteiger partial charge is 0.397 e. The van der Waals surface area contributed by atoms with E-state index in [1.807, 2.05) is 36.6 Å². The standard InChI is InChI=1S/C14H16N2O2S/c1-10-4-2-6-12(15)14(10)16-13(17)9-18-8-11-5-3-7-19-11/h2-7H,8-9,15H2,1H3,(H,16,17). The zero-order chi connectivity index (χ0) is 13.7. The Bertz CT molecular complexity index is 532. The quantitative estimate of drug-likeness (QED) is 0.825. The first-order valence-corrected chi connectivity index (χ1v) is 6.80. The number of amides is 1. The number of para-hydroxylation sites is 1. The SMILES string of the molecule is Cc1cccc(N)c1NC(=O)COCc1cccs1. The summed E-state index contributed by atoms with van der Waals surface area (Å²) in [5, 5.41) is 4.75. The maximum Gasteiger partial charge on any atom is 0.250 e. The van der Waals surface area contributed by atoms with Crippen molar-refractivity contribution in [2.45, 2.75) is 13.5 Å². The second kappa shape index (κ2) is 6.36. The zero-order valence-electron chi connectivity index (χ0n) is 10.7. The zero-order valence-corrected chi connectivity index (χ0v) is 11.5. The summed E-state index contributed by atoms with van der Waals surface area (Å²) in [5.74, 6) is -0.197. The van der Waals surface area contributed by atoms with Gasteiger partial charge < -0.3 is 15.8 Å². The van der Waals surface area contributed by atoms with Gasteiger partial charge in [-0.05, 0) is 30.0 Å². The minimum absolute atomic E-state index is 0.0195. The van der Waals surface area contributed by atoms with Crippen LogP contribution in [0.1, 0.15) is 10.4 Å². The van der Waals surface area contributed by atoms with Gasteiger partial charge in [-0.15, -0.1) is 11.3 Å². The molecule has 3 N–H and O–H groups in total. The molecule has 0 aliphatic rings. The first-order chi connectivity index (χ1) is 9.16. The van der Waals surface area contributed by atoms with Gasteiger partial charge in [0.25, 0.3) is 0 Å². The van der Waals surface area contributed by atoms with Crippen LogP contribution in [0, 0.1) is 6.92 Å². The van der Waals surface area contributed by atoms with Gasteiger partial charge in [0.2, 0.25) is 5.91 Å². The Balaban J connectivity index is 1.84. The summed E-state index contributed by atoms with van der Waals surface area (Å²) in [7, 11) is 0. The van der Waals surface area contributed by atoms with Crippen molar-refractivity contribution in [3.8, 4) is 0 Å². The molecule has 0 unspecified atom stereocenters. The molecule has 4 nitrogen and oxygen atoms in total. The first kappa shape index (κ1) is 13.6. The monoisotopic (exact) mass is 276 g/mol. The number of nitrogens with one attached hydrogen (secondary N) is 1. The third kappa shape index (κ3) is 3.81. The van der Waals surface area contributed by atoms with Gasteiger partial charge in [0.05, 0.1) is 18.0 Å². The van der Waals surface area contributed by atoms with Gasteiger partial charge in [-0.3, -0.25) is 4.79 Å². The summed E-state index contributed by atoms with van der Waals surface area (Å²) in [5.41, 5.74) is 7.98. The molecule has 0 radical (unpaired) electrons. The Morgan fingerprint density at radius 3 is 2.89 bits per heavy atom. The Morgan fingerprint density at radius 2 is 2.21 bits per heavy atom. The van der Waals surface area contributed by atoms with Gasteiger partial charge in [0.15, 0.2) is 0 Å². The van der Waals surface area contributed by atoms with E-state index in [2.05, 4.69) is 5.32 Å². The molecule has 0 fully saturated rings. The van der Waals surface area contributed by atoms with Crippen molar-refractivity contribution in [1.82, 2.24) is 0 Å². The van der Waals surface area contributed by atoms with Crippen LogP contribution in [0.15, 0.2) is 35.7 Å². The van der Waals surface area contributed by atoms with Gasteiger partial charge in [-0.25, -0.2) is 0 Å². The van der Waals surface area contributed by atoms with Gasteiger partial charge in [0.1, 0.15) is 6.61 Å². The molecule has 2 aromatic rings. The summed E-state index contributed by atoms with van der Waals surface area (Å²) < 4.78 is 5.35. The van der Waals surface area contributed by atoms with E-state index in [1.165, 1.54) is 0 Å². The minimum atomic E-state index is -0.197. The number of carbonyl (C=O) groups is 1. The topological polar surface area (TPSA) is 64.3 Å². The summed E-state index contributed by atoms with van der Waals surface area (Å²) in [6.07, 6.45) is 0. The lowest BCUT2D eigenvalue weighted by atomic mass is 10.1. The second-order valence-electron chi connectivity index (χ2n) is 4.16. The lowest BCUT2D eigenvalue weighted by molar-refractivity contribution is -0.120. The predicted octanol–water partition coefficient (Wildman–Crippen LogP) is 2.79. The number of thiophene rings is 1. The Hall–Kier alpha value is -1.85. The van der Waals surface area contributed by atoms with Crippen molar-refractivity contribution in [2.75, 3.05) is 17.7 Å². The van der Waals surface area contributed by atoms with Crippen LogP contribution >= 0.6 is 11.3 Å². The lowest BCUT2D eigenvalue weighted by Gasteiger charge is -2.11. The van der Waals surface area contributed by atoms with Crippen LogP contribution in [0.2, 0.25) is 0 Å². The van der Waals surface area contributed by atoms with E-state index in [0.29, 0.717) is 18.0 Å². The number of hydrogen-bond donors (Lipinski definition) is 2. The maximum atomic E-state index is 11.8. The molecule has 0 bridgehead atoms. The molecule has 1 aromatic carbocycles. The predicted molar refractivity (Wildman–Crippen MR) is 78.2 cm³/mol. The van der Waals surface area contributed by atoms with Gasteiger partial charge in [0, 0.05) is 4.88 Å². The van der Waals surface area contributed by atoms with Crippen LogP contribution in [-0.4, -0.2) is 12.5 Å². The summed E-state index contributed by atoms with van der Waals surface area (Å²) >= 11 is 1.61. The van der Waals surface area contributed by atoms with E-state index in [4.69, 9.17) is 10.5 Å². The molecule has 1 heterocycles. The first-order valence-electron chi connectivity index (χ1n) is 5.92. The number of nitrogen functional groups attached to an aromatic ring is 1. The Kier molecular flexibility index (Phi) is 4.54. The third-order valence-corrected chi connectivity index (χ3v) is 3.48. The van der Waals surface area contributed by atoms with Crippen molar-refractivity contribution < 1.29 is 9.53 Å². The van der Waals surface area contributed by atoms with E-state index >= 15 is 0 Å². The van der Waals surface area contributed by atoms with Gasteiger partial charge in [-0.2, -0.15) is 0 Å². The molecular formula is C14H16N2O2S. The molecule has 2 rings (SSSR count). The van der Waals surface area contributed by atoms with Crippen LogP contribution < -0.4 is 11.1 Å². The van der Waals surface area contributed by atoms with Crippen molar-refractivity contribution in [1.29, 1.82) is 0 Å². The molecule has 5 heteroatoms. The molecule has 0 spiro atoms. The van der Waals surface area contributed by atoms with Crippen molar-refractivity contribution in [3.63, 3.8) is 0 Å². The van der Waals surface area contributed by atoms with Crippen LogP contribution in [0.25, 0.3) is 0 Å². The molecule has 0 aliphatic heterocycles. The number of anilines is 2. The van der Waals surface area contributed by atoms with Crippen LogP contribution in [0.5, 0.6) is 0 Å². The number of benzene rings is 1. The number of hydrogen-bond acceptors (Lipinski definition) is 4. The van der Waals surface area contributed by atoms with Crippen LogP contribution in [0.3, 0.4) is 0 Å². The summed E-state index contributed by atoms with van der Waals surface area (Å²) in [6, 6.07) is 9.45. The molecule has 19 heavy (non-hydrogen) atoms. The molecule has 100 valence electrons. The summed E-state index contributed by atoms with van der Waals surface area (Å²) in [6.45, 7) is 2.37. The van der Waals surface area contributed by atoms with Gasteiger partial charge in [-0.1, -0.05) is 18.2 Å². The fourth-order valence-corrected chi connectivity index (χ4v) is 2.32. The van der Waals surface area contributed by atoms with Crippen molar-refractivity contribution in [3.05, 3.63) is 46.2 Å². The highest BCUT2D eigenvalue weighted by atomic mass is 32.1. The average molecular weight is 276 g/mol. The third-order valence-electron chi connectivity index (χ3n) is 2.63. The normalized spacial score (nSPS) is 10.4. The Morgan fingerprint density at radius 1 is 1.37 bits per heavy atom. The molecule has 0 atom stereocenters. The average Bonchev–Trinajstić information content (AvgIpc) is 2.87. The highest BCUT2D eigenvalue weighted by Gasteiger charge is 2.07. The fraction of sp³-hybridized carbons (Fsp3) is 0.214. The molecule has 0 aliphatic carbocycles. The second-order valence-corrected chi connectivity index (χ2v) is 5.19. The van der Waals surface area contributed by atoms with E-state index in [0.717, 1.165) is 10.4 Å². The van der Waals surface area contributed by atoms with Gasteiger partial charge >= 0.3 is 0 Å². The Labute approximate surface area is 116 Å². The number of carbonyl (C=O) groups excluding carboxylic acids is 1. The summed E-state index contributed by atoms with van der Waals surface area (Å²) in [4.78, 5) is 12.9. The number of ether oxygens (including phenoxy) is 1. The number of rotatable bonds is 5. The van der Waals surface area contributed by atoms with Crippen molar-refractivity contribution >= 4 is 28.6 Å². The van der Waals surface area contributed by atoms with Crippen LogP contribution in [-0.2, 0) is 16.1 Å². The molecule has 1 amide bonds.